The summed E-state index contributed by atoms with van der Waals surface area (Å²) in [6.07, 6.45) is 7.53. The van der Waals surface area contributed by atoms with E-state index >= 15 is 0 Å². The number of aryl methyl sites for hydroxylation is 1. The van der Waals surface area contributed by atoms with Crippen molar-refractivity contribution in [3.05, 3.63) is 48.0 Å². The molecule has 0 aliphatic heterocycles. The number of pyridine rings is 2. The number of aromatic nitrogens is 2. The Morgan fingerprint density at radius 2 is 1.67 bits per heavy atom. The molecule has 0 aliphatic rings. The van der Waals surface area contributed by atoms with Crippen LogP contribution in [0.25, 0.3) is 11.1 Å². The van der Waals surface area contributed by atoms with Gasteiger partial charge in [-0.15, -0.1) is 0 Å². The topological polar surface area (TPSA) is 37.8 Å². The van der Waals surface area contributed by atoms with Gasteiger partial charge in [-0.2, -0.15) is 0 Å². The molecule has 2 heterocycles. The Morgan fingerprint density at radius 3 is 2.33 bits per heavy atom. The van der Waals surface area contributed by atoms with Crippen LogP contribution in [0, 0.1) is 6.92 Å². The lowest BCUT2D eigenvalue weighted by Gasteiger charge is -2.09. The second-order valence-corrected chi connectivity index (χ2v) is 4.87. The van der Waals surface area contributed by atoms with Gasteiger partial charge in [0, 0.05) is 48.5 Å². The van der Waals surface area contributed by atoms with E-state index < -0.39 is 0 Å². The fraction of sp³-hybridized carbons (Fsp3) is 0.333. The molecule has 2 aromatic heterocycles. The molecule has 0 unspecified atom stereocenters. The van der Waals surface area contributed by atoms with E-state index in [1.807, 2.05) is 31.7 Å². The van der Waals surface area contributed by atoms with Crippen LogP contribution in [-0.2, 0) is 6.54 Å². The van der Waals surface area contributed by atoms with Gasteiger partial charge < -0.3 is 5.32 Å². The predicted octanol–water partition coefficient (Wildman–Crippen LogP) is 2.95. The average Bonchev–Trinajstić information content (AvgIpc) is 2.37. The monoisotopic (exact) mass is 241 g/mol. The molecule has 0 aromatic carbocycles. The van der Waals surface area contributed by atoms with Crippen LogP contribution in [0.5, 0.6) is 0 Å². The van der Waals surface area contributed by atoms with Crippen LogP contribution in [-0.4, -0.2) is 16.0 Å². The van der Waals surface area contributed by atoms with Gasteiger partial charge in [0.05, 0.1) is 0 Å². The first-order valence-electron chi connectivity index (χ1n) is 6.24. The second kappa shape index (κ2) is 5.74. The standard InChI is InChI=1S/C15H19N3/c1-11(2)18-8-13-5-15(10-17-7-13)14-4-12(3)6-16-9-14/h4-7,9-11,18H,8H2,1-3H3. The van der Waals surface area contributed by atoms with Crippen molar-refractivity contribution in [3.63, 3.8) is 0 Å². The zero-order valence-electron chi connectivity index (χ0n) is 11.1. The quantitative estimate of drug-likeness (QED) is 0.894. The van der Waals surface area contributed by atoms with Gasteiger partial charge in [0.1, 0.15) is 0 Å². The molecule has 0 bridgehead atoms. The number of nitrogens with one attached hydrogen (secondary N) is 1. The summed E-state index contributed by atoms with van der Waals surface area (Å²) in [7, 11) is 0. The summed E-state index contributed by atoms with van der Waals surface area (Å²) < 4.78 is 0. The first-order chi connectivity index (χ1) is 8.65. The highest BCUT2D eigenvalue weighted by molar-refractivity contribution is 5.62. The van der Waals surface area contributed by atoms with Crippen molar-refractivity contribution in [3.8, 4) is 11.1 Å². The Bertz CT molecular complexity index is 521. The largest absolute Gasteiger partial charge is 0.310 e. The first kappa shape index (κ1) is 12.7. The lowest BCUT2D eigenvalue weighted by molar-refractivity contribution is 0.588. The molecule has 3 nitrogen and oxygen atoms in total. The fourth-order valence-electron chi connectivity index (χ4n) is 1.78. The third-order valence-corrected chi connectivity index (χ3v) is 2.72. The minimum absolute atomic E-state index is 0.481. The SMILES string of the molecule is Cc1cncc(-c2cncc(CNC(C)C)c2)c1. The Balaban J connectivity index is 2.21. The third kappa shape index (κ3) is 3.37. The van der Waals surface area contributed by atoms with Gasteiger partial charge in [-0.25, -0.2) is 0 Å². The molecule has 0 aliphatic carbocycles. The van der Waals surface area contributed by atoms with Crippen LogP contribution in [0.15, 0.2) is 36.9 Å². The average molecular weight is 241 g/mol. The van der Waals surface area contributed by atoms with E-state index in [9.17, 15) is 0 Å². The highest BCUT2D eigenvalue weighted by Gasteiger charge is 2.02. The van der Waals surface area contributed by atoms with Crippen molar-refractivity contribution in [2.75, 3.05) is 0 Å². The Hall–Kier alpha value is -1.74. The zero-order chi connectivity index (χ0) is 13.0. The Morgan fingerprint density at radius 1 is 1.00 bits per heavy atom. The molecule has 2 aromatic rings. The Labute approximate surface area is 108 Å². The van der Waals surface area contributed by atoms with Crippen molar-refractivity contribution in [1.82, 2.24) is 15.3 Å². The molecule has 18 heavy (non-hydrogen) atoms. The molecule has 0 radical (unpaired) electrons. The predicted molar refractivity (Wildman–Crippen MR) is 74.2 cm³/mol. The number of nitrogens with zero attached hydrogens (tertiary/aromatic N) is 2. The molecule has 3 heteroatoms. The second-order valence-electron chi connectivity index (χ2n) is 4.87. The van der Waals surface area contributed by atoms with Gasteiger partial charge in [-0.05, 0) is 30.2 Å². The van der Waals surface area contributed by atoms with Gasteiger partial charge in [-0.1, -0.05) is 13.8 Å². The van der Waals surface area contributed by atoms with E-state index in [1.165, 1.54) is 11.1 Å². The summed E-state index contributed by atoms with van der Waals surface area (Å²) in [6.45, 7) is 7.18. The van der Waals surface area contributed by atoms with Crippen LogP contribution in [0.1, 0.15) is 25.0 Å². The minimum Gasteiger partial charge on any atom is -0.310 e. The zero-order valence-corrected chi connectivity index (χ0v) is 11.1. The smallest absolute Gasteiger partial charge is 0.0347 e. The van der Waals surface area contributed by atoms with Crippen molar-refractivity contribution >= 4 is 0 Å². The fourth-order valence-corrected chi connectivity index (χ4v) is 1.78. The summed E-state index contributed by atoms with van der Waals surface area (Å²) in [5, 5.41) is 3.40. The molecule has 94 valence electrons. The molecular formula is C15H19N3. The van der Waals surface area contributed by atoms with E-state index in [2.05, 4.69) is 41.3 Å². The van der Waals surface area contributed by atoms with Gasteiger partial charge in [0.25, 0.3) is 0 Å². The highest BCUT2D eigenvalue weighted by atomic mass is 14.9. The molecule has 2 rings (SSSR count). The molecule has 0 saturated heterocycles. The first-order valence-corrected chi connectivity index (χ1v) is 6.24. The van der Waals surface area contributed by atoms with Gasteiger partial charge in [0.15, 0.2) is 0 Å². The maximum Gasteiger partial charge on any atom is 0.0347 e. The summed E-state index contributed by atoms with van der Waals surface area (Å²) in [4.78, 5) is 8.52. The van der Waals surface area contributed by atoms with E-state index in [-0.39, 0.29) is 0 Å². The van der Waals surface area contributed by atoms with E-state index in [1.54, 1.807) is 0 Å². The van der Waals surface area contributed by atoms with Crippen molar-refractivity contribution in [2.24, 2.45) is 0 Å². The molecule has 0 amide bonds. The summed E-state index contributed by atoms with van der Waals surface area (Å²) in [5.41, 5.74) is 4.60. The lowest BCUT2D eigenvalue weighted by atomic mass is 10.1. The highest BCUT2D eigenvalue weighted by Crippen LogP contribution is 2.19. The van der Waals surface area contributed by atoms with Crippen LogP contribution in [0.3, 0.4) is 0 Å². The molecule has 1 N–H and O–H groups in total. The maximum absolute atomic E-state index is 4.30. The number of rotatable bonds is 4. The van der Waals surface area contributed by atoms with Crippen molar-refractivity contribution in [2.45, 2.75) is 33.4 Å². The number of hydrogen-bond donors (Lipinski definition) is 1. The normalized spacial score (nSPS) is 10.9. The number of hydrogen-bond acceptors (Lipinski definition) is 3. The van der Waals surface area contributed by atoms with Crippen molar-refractivity contribution < 1.29 is 0 Å². The van der Waals surface area contributed by atoms with E-state index in [4.69, 9.17) is 0 Å². The lowest BCUT2D eigenvalue weighted by Crippen LogP contribution is -2.21. The summed E-state index contributed by atoms with van der Waals surface area (Å²) in [5.74, 6) is 0. The van der Waals surface area contributed by atoms with Crippen LogP contribution in [0.4, 0.5) is 0 Å². The van der Waals surface area contributed by atoms with Crippen LogP contribution < -0.4 is 5.32 Å². The molecule has 0 spiro atoms. The van der Waals surface area contributed by atoms with E-state index in [0.717, 1.165) is 17.7 Å². The van der Waals surface area contributed by atoms with E-state index in [0.29, 0.717) is 6.04 Å². The van der Waals surface area contributed by atoms with Gasteiger partial charge in [0.2, 0.25) is 0 Å². The molecule has 0 atom stereocenters. The maximum atomic E-state index is 4.30. The molecule has 0 fully saturated rings. The summed E-state index contributed by atoms with van der Waals surface area (Å²) >= 11 is 0. The van der Waals surface area contributed by atoms with Gasteiger partial charge >= 0.3 is 0 Å². The minimum atomic E-state index is 0.481. The van der Waals surface area contributed by atoms with Crippen LogP contribution in [0.2, 0.25) is 0 Å². The van der Waals surface area contributed by atoms with Crippen LogP contribution >= 0.6 is 0 Å². The Kier molecular flexibility index (Phi) is 4.05. The van der Waals surface area contributed by atoms with Gasteiger partial charge in [-0.3, -0.25) is 9.97 Å². The molecular weight excluding hydrogens is 222 g/mol. The summed E-state index contributed by atoms with van der Waals surface area (Å²) in [6, 6.07) is 4.77. The van der Waals surface area contributed by atoms with Crippen molar-refractivity contribution in [1.29, 1.82) is 0 Å². The third-order valence-electron chi connectivity index (χ3n) is 2.72. The molecule has 0 saturated carbocycles.